The van der Waals surface area contributed by atoms with E-state index < -0.39 is 11.9 Å². The summed E-state index contributed by atoms with van der Waals surface area (Å²) in [6, 6.07) is 11.9. The molecule has 1 amide bonds. The van der Waals surface area contributed by atoms with E-state index in [1.807, 2.05) is 24.3 Å². The minimum atomic E-state index is -0.635. The summed E-state index contributed by atoms with van der Waals surface area (Å²) < 4.78 is 4.97. The number of rotatable bonds is 5. The Bertz CT molecular complexity index is 742. The van der Waals surface area contributed by atoms with Crippen LogP contribution in [0, 0.1) is 0 Å². The number of halogens is 1. The van der Waals surface area contributed by atoms with Gasteiger partial charge in [0, 0.05) is 5.69 Å². The van der Waals surface area contributed by atoms with Gasteiger partial charge in [-0.3, -0.25) is 4.79 Å². The fourth-order valence-electron chi connectivity index (χ4n) is 2.03. The Labute approximate surface area is 145 Å². The first kappa shape index (κ1) is 17.8. The molecule has 0 atom stereocenters. The number of nitrogen functional groups attached to an aromatic ring is 1. The van der Waals surface area contributed by atoms with Gasteiger partial charge in [-0.05, 0) is 41.8 Å². The van der Waals surface area contributed by atoms with E-state index in [0.29, 0.717) is 16.6 Å². The first-order valence-corrected chi connectivity index (χ1v) is 7.86. The Hall–Kier alpha value is -2.53. The van der Waals surface area contributed by atoms with E-state index in [1.165, 1.54) is 23.8 Å². The molecule has 126 valence electrons. The van der Waals surface area contributed by atoms with Crippen LogP contribution in [-0.2, 0) is 9.53 Å². The van der Waals surface area contributed by atoms with Crippen molar-refractivity contribution >= 4 is 34.9 Å². The fourth-order valence-corrected chi connectivity index (χ4v) is 2.15. The van der Waals surface area contributed by atoms with E-state index in [0.717, 1.165) is 0 Å². The maximum Gasteiger partial charge on any atom is 0.338 e. The molecule has 0 saturated heterocycles. The monoisotopic (exact) mass is 346 g/mol. The maximum absolute atomic E-state index is 11.9. The number of carbonyl (C=O) groups is 2. The van der Waals surface area contributed by atoms with Gasteiger partial charge in [-0.2, -0.15) is 0 Å². The molecule has 6 heteroatoms. The summed E-state index contributed by atoms with van der Waals surface area (Å²) in [5.41, 5.74) is 7.98. The van der Waals surface area contributed by atoms with Crippen molar-refractivity contribution < 1.29 is 14.3 Å². The molecular weight excluding hydrogens is 328 g/mol. The van der Waals surface area contributed by atoms with Gasteiger partial charge in [0.25, 0.3) is 5.91 Å². The second kappa shape index (κ2) is 7.84. The molecule has 0 aliphatic carbocycles. The van der Waals surface area contributed by atoms with Gasteiger partial charge in [-0.1, -0.05) is 37.6 Å². The van der Waals surface area contributed by atoms with E-state index in [4.69, 9.17) is 22.1 Å². The highest BCUT2D eigenvalue weighted by atomic mass is 35.5. The number of ether oxygens (including phenoxy) is 1. The van der Waals surface area contributed by atoms with Crippen LogP contribution < -0.4 is 11.1 Å². The van der Waals surface area contributed by atoms with Crippen LogP contribution >= 0.6 is 11.6 Å². The molecule has 0 fully saturated rings. The molecule has 0 spiro atoms. The molecule has 0 unspecified atom stereocenters. The molecule has 0 heterocycles. The Morgan fingerprint density at radius 2 is 1.83 bits per heavy atom. The van der Waals surface area contributed by atoms with Gasteiger partial charge >= 0.3 is 5.97 Å². The predicted molar refractivity (Wildman–Crippen MR) is 95.3 cm³/mol. The summed E-state index contributed by atoms with van der Waals surface area (Å²) in [5.74, 6) is -0.631. The zero-order chi connectivity index (χ0) is 17.7. The lowest BCUT2D eigenvalue weighted by atomic mass is 10.0. The third kappa shape index (κ3) is 4.73. The van der Waals surface area contributed by atoms with Crippen LogP contribution in [0.15, 0.2) is 42.5 Å². The number of nitrogens with two attached hydrogens (primary N) is 1. The molecule has 5 nitrogen and oxygen atoms in total. The number of amides is 1. The smallest absolute Gasteiger partial charge is 0.338 e. The lowest BCUT2D eigenvalue weighted by Gasteiger charge is -2.09. The van der Waals surface area contributed by atoms with E-state index >= 15 is 0 Å². The topological polar surface area (TPSA) is 81.4 Å². The summed E-state index contributed by atoms with van der Waals surface area (Å²) in [6.07, 6.45) is 0. The van der Waals surface area contributed by atoms with E-state index in [-0.39, 0.29) is 17.9 Å². The summed E-state index contributed by atoms with van der Waals surface area (Å²) >= 11 is 5.79. The van der Waals surface area contributed by atoms with Crippen molar-refractivity contribution in [3.8, 4) is 0 Å². The molecule has 2 rings (SSSR count). The molecule has 0 aliphatic heterocycles. The van der Waals surface area contributed by atoms with E-state index in [1.54, 1.807) is 0 Å². The van der Waals surface area contributed by atoms with Crippen molar-refractivity contribution in [1.82, 2.24) is 0 Å². The molecule has 24 heavy (non-hydrogen) atoms. The Morgan fingerprint density at radius 3 is 2.42 bits per heavy atom. The molecule has 0 saturated carbocycles. The summed E-state index contributed by atoms with van der Waals surface area (Å²) in [7, 11) is 0. The molecule has 0 aliphatic rings. The van der Waals surface area contributed by atoms with Crippen LogP contribution in [0.4, 0.5) is 11.4 Å². The largest absolute Gasteiger partial charge is 0.452 e. The van der Waals surface area contributed by atoms with Crippen molar-refractivity contribution in [2.75, 3.05) is 17.7 Å². The average Bonchev–Trinajstić information content (AvgIpc) is 2.55. The maximum atomic E-state index is 11.9. The number of benzene rings is 2. The second-order valence-electron chi connectivity index (χ2n) is 5.64. The van der Waals surface area contributed by atoms with Gasteiger partial charge in [0.1, 0.15) is 0 Å². The molecular formula is C18H19ClN2O3. The van der Waals surface area contributed by atoms with E-state index in [9.17, 15) is 9.59 Å². The average molecular weight is 347 g/mol. The van der Waals surface area contributed by atoms with Gasteiger partial charge in [0.2, 0.25) is 0 Å². The van der Waals surface area contributed by atoms with Crippen molar-refractivity contribution in [3.05, 3.63) is 58.6 Å². The molecule has 0 radical (unpaired) electrons. The first-order chi connectivity index (χ1) is 11.4. The zero-order valence-electron chi connectivity index (χ0n) is 13.5. The molecule has 0 aromatic heterocycles. The number of hydrogen-bond donors (Lipinski definition) is 2. The molecule has 2 aromatic carbocycles. The SMILES string of the molecule is CC(C)c1ccc(NC(=O)COC(=O)c2ccc(Cl)c(N)c2)cc1. The lowest BCUT2D eigenvalue weighted by molar-refractivity contribution is -0.119. The lowest BCUT2D eigenvalue weighted by Crippen LogP contribution is -2.21. The van der Waals surface area contributed by atoms with Crippen LogP contribution in [0.1, 0.15) is 35.7 Å². The van der Waals surface area contributed by atoms with Gasteiger partial charge in [0.05, 0.1) is 16.3 Å². The van der Waals surface area contributed by atoms with Crippen molar-refractivity contribution in [3.63, 3.8) is 0 Å². The molecule has 2 aromatic rings. The predicted octanol–water partition coefficient (Wildman–Crippen LogP) is 3.84. The van der Waals surface area contributed by atoms with Crippen molar-refractivity contribution in [2.24, 2.45) is 0 Å². The third-order valence-electron chi connectivity index (χ3n) is 3.43. The summed E-state index contributed by atoms with van der Waals surface area (Å²) in [6.45, 7) is 3.81. The highest BCUT2D eigenvalue weighted by Gasteiger charge is 2.12. The molecule has 3 N–H and O–H groups in total. The van der Waals surface area contributed by atoms with E-state index in [2.05, 4.69) is 19.2 Å². The minimum absolute atomic E-state index is 0.242. The van der Waals surface area contributed by atoms with Crippen LogP contribution in [0.25, 0.3) is 0 Å². The van der Waals surface area contributed by atoms with Gasteiger partial charge in [-0.15, -0.1) is 0 Å². The van der Waals surface area contributed by atoms with Crippen LogP contribution in [-0.4, -0.2) is 18.5 Å². The zero-order valence-corrected chi connectivity index (χ0v) is 14.3. The molecule has 0 bridgehead atoms. The van der Waals surface area contributed by atoms with Crippen molar-refractivity contribution in [2.45, 2.75) is 19.8 Å². The van der Waals surface area contributed by atoms with Gasteiger partial charge in [0.15, 0.2) is 6.61 Å². The summed E-state index contributed by atoms with van der Waals surface area (Å²) in [5, 5.41) is 3.03. The Balaban J connectivity index is 1.88. The van der Waals surface area contributed by atoms with Crippen molar-refractivity contribution in [1.29, 1.82) is 0 Å². The summed E-state index contributed by atoms with van der Waals surface area (Å²) in [4.78, 5) is 23.7. The Kier molecular flexibility index (Phi) is 5.82. The normalized spacial score (nSPS) is 10.5. The third-order valence-corrected chi connectivity index (χ3v) is 3.77. The quantitative estimate of drug-likeness (QED) is 0.636. The first-order valence-electron chi connectivity index (χ1n) is 7.49. The second-order valence-corrected chi connectivity index (χ2v) is 6.04. The highest BCUT2D eigenvalue weighted by molar-refractivity contribution is 6.33. The number of hydrogen-bond acceptors (Lipinski definition) is 4. The van der Waals surface area contributed by atoms with Crippen LogP contribution in [0.3, 0.4) is 0 Å². The Morgan fingerprint density at radius 1 is 1.17 bits per heavy atom. The highest BCUT2D eigenvalue weighted by Crippen LogP contribution is 2.20. The number of esters is 1. The number of nitrogens with one attached hydrogen (secondary N) is 1. The fraction of sp³-hybridized carbons (Fsp3) is 0.222. The van der Waals surface area contributed by atoms with Gasteiger partial charge < -0.3 is 15.8 Å². The number of anilines is 2. The number of carbonyl (C=O) groups excluding carboxylic acids is 2. The van der Waals surface area contributed by atoms with Crippen LogP contribution in [0.5, 0.6) is 0 Å². The van der Waals surface area contributed by atoms with Gasteiger partial charge in [-0.25, -0.2) is 4.79 Å². The van der Waals surface area contributed by atoms with Crippen LogP contribution in [0.2, 0.25) is 5.02 Å². The minimum Gasteiger partial charge on any atom is -0.452 e. The standard InChI is InChI=1S/C18H19ClN2O3/c1-11(2)12-3-6-14(7-4-12)21-17(22)10-24-18(23)13-5-8-15(19)16(20)9-13/h3-9,11H,10,20H2,1-2H3,(H,21,22).